The Bertz CT molecular complexity index is 810. The lowest BCUT2D eigenvalue weighted by atomic mass is 10.1. The van der Waals surface area contributed by atoms with Gasteiger partial charge < -0.3 is 34.2 Å². The van der Waals surface area contributed by atoms with Crippen molar-refractivity contribution >= 4 is 24.2 Å². The summed E-state index contributed by atoms with van der Waals surface area (Å²) < 4.78 is 29.2. The maximum atomic E-state index is 12.4. The van der Waals surface area contributed by atoms with Gasteiger partial charge in [-0.15, -0.1) is 0 Å². The van der Waals surface area contributed by atoms with Crippen molar-refractivity contribution in [3.05, 3.63) is 23.8 Å². The Hall–Kier alpha value is -3.34. The lowest BCUT2D eigenvalue weighted by Gasteiger charge is -2.22. The topological polar surface area (TPSA) is 150 Å². The Morgan fingerprint density at radius 3 is 2.03 bits per heavy atom. The smallest absolute Gasteiger partial charge is 0.459 e. The quantitative estimate of drug-likeness (QED) is 0.315. The zero-order valence-corrected chi connectivity index (χ0v) is 18.7. The summed E-state index contributed by atoms with van der Waals surface area (Å²) in [5.41, 5.74) is 6.43. The number of ether oxygens (including phenoxy) is 6. The monoisotopic (exact) mass is 455 g/mol. The molecule has 0 heterocycles. The van der Waals surface area contributed by atoms with Gasteiger partial charge in [-0.3, -0.25) is 9.59 Å². The zero-order chi connectivity index (χ0) is 24.3. The maximum absolute atomic E-state index is 12.4. The van der Waals surface area contributed by atoms with E-state index in [1.54, 1.807) is 13.8 Å². The van der Waals surface area contributed by atoms with E-state index in [0.717, 1.165) is 14.2 Å². The fourth-order valence-corrected chi connectivity index (χ4v) is 2.38. The van der Waals surface area contributed by atoms with Gasteiger partial charge >= 0.3 is 24.2 Å². The highest BCUT2D eigenvalue weighted by Crippen LogP contribution is 2.30. The fraction of sp³-hybridized carbons (Fsp3) is 0.524. The molecule has 0 amide bonds. The van der Waals surface area contributed by atoms with E-state index >= 15 is 0 Å². The zero-order valence-electron chi connectivity index (χ0n) is 18.7. The second-order valence-corrected chi connectivity index (χ2v) is 6.79. The van der Waals surface area contributed by atoms with Crippen LogP contribution in [0.1, 0.15) is 39.2 Å². The van der Waals surface area contributed by atoms with E-state index in [4.69, 9.17) is 24.7 Å². The van der Waals surface area contributed by atoms with Crippen molar-refractivity contribution in [2.24, 2.45) is 5.73 Å². The van der Waals surface area contributed by atoms with Gasteiger partial charge in [-0.1, -0.05) is 13.0 Å². The minimum atomic E-state index is -1.06. The molecule has 0 radical (unpaired) electrons. The molecule has 0 saturated heterocycles. The van der Waals surface area contributed by atoms with Crippen molar-refractivity contribution < 1.29 is 47.6 Å². The average molecular weight is 455 g/mol. The van der Waals surface area contributed by atoms with Crippen LogP contribution >= 0.6 is 0 Å². The van der Waals surface area contributed by atoms with E-state index in [9.17, 15) is 19.2 Å². The van der Waals surface area contributed by atoms with Crippen molar-refractivity contribution in [1.82, 2.24) is 0 Å². The fourth-order valence-electron chi connectivity index (χ4n) is 2.38. The van der Waals surface area contributed by atoms with Crippen LogP contribution in [-0.2, 0) is 35.0 Å². The van der Waals surface area contributed by atoms with E-state index in [0.29, 0.717) is 12.0 Å². The summed E-state index contributed by atoms with van der Waals surface area (Å²) in [5.74, 6) is -1.32. The van der Waals surface area contributed by atoms with Crippen molar-refractivity contribution in [3.63, 3.8) is 0 Å². The van der Waals surface area contributed by atoms with Crippen molar-refractivity contribution in [3.8, 4) is 11.5 Å². The first kappa shape index (κ1) is 26.7. The van der Waals surface area contributed by atoms with Gasteiger partial charge in [-0.05, 0) is 44.4 Å². The average Bonchev–Trinajstić information content (AvgIpc) is 2.75. The Balaban J connectivity index is 2.83. The van der Waals surface area contributed by atoms with E-state index in [-0.39, 0.29) is 30.3 Å². The van der Waals surface area contributed by atoms with Gasteiger partial charge in [-0.2, -0.15) is 0 Å². The lowest BCUT2D eigenvalue weighted by Crippen LogP contribution is -2.39. The number of carbonyl (C=O) groups is 4. The van der Waals surface area contributed by atoms with Crippen molar-refractivity contribution in [2.45, 2.75) is 58.3 Å². The molecule has 0 unspecified atom stereocenters. The molecule has 0 saturated carbocycles. The van der Waals surface area contributed by atoms with Crippen LogP contribution in [0.25, 0.3) is 0 Å². The van der Waals surface area contributed by atoms with Gasteiger partial charge in [-0.25, -0.2) is 9.59 Å². The molecule has 1 rings (SSSR count). The molecular weight excluding hydrogens is 426 g/mol. The van der Waals surface area contributed by atoms with Crippen LogP contribution in [0, 0.1) is 0 Å². The number of methoxy groups -OCH3 is 2. The molecule has 0 aliphatic rings. The summed E-state index contributed by atoms with van der Waals surface area (Å²) in [5, 5.41) is 0. The first-order valence-electron chi connectivity index (χ1n) is 9.91. The maximum Gasteiger partial charge on any atom is 0.513 e. The number of hydrogen-bond acceptors (Lipinski definition) is 11. The lowest BCUT2D eigenvalue weighted by molar-refractivity contribution is -0.166. The van der Waals surface area contributed by atoms with E-state index in [2.05, 4.69) is 9.47 Å². The van der Waals surface area contributed by atoms with Gasteiger partial charge in [0.1, 0.15) is 18.2 Å². The molecule has 0 spiro atoms. The number of esters is 2. The molecule has 11 nitrogen and oxygen atoms in total. The molecule has 1 aromatic carbocycles. The van der Waals surface area contributed by atoms with Crippen LogP contribution in [-0.4, -0.2) is 56.7 Å². The van der Waals surface area contributed by atoms with Crippen molar-refractivity contribution in [1.29, 1.82) is 0 Å². The molecule has 0 bridgehead atoms. The van der Waals surface area contributed by atoms with Crippen LogP contribution in [0.2, 0.25) is 0 Å². The standard InChI is InChI=1S/C21H29NO10/c1-6-7-18(23)29-12(2)13(3)30-19(24)15(22)10-14-8-9-16(31-20(25)27-4)17(11-14)32-21(26)28-5/h8-9,11-13,15H,6-7,10,22H2,1-5H3/t12-,13-,15-/m0/s1. The molecule has 0 aliphatic heterocycles. The molecule has 11 heteroatoms. The molecule has 0 aliphatic carbocycles. The third-order valence-corrected chi connectivity index (χ3v) is 4.22. The molecule has 0 fully saturated rings. The highest BCUT2D eigenvalue weighted by Gasteiger charge is 2.25. The molecule has 1 aromatic rings. The molecule has 2 N–H and O–H groups in total. The molecule has 0 aromatic heterocycles. The summed E-state index contributed by atoms with van der Waals surface area (Å²) in [6, 6.07) is 3.17. The highest BCUT2D eigenvalue weighted by molar-refractivity contribution is 5.76. The second kappa shape index (κ2) is 13.2. The van der Waals surface area contributed by atoms with Crippen molar-refractivity contribution in [2.75, 3.05) is 14.2 Å². The summed E-state index contributed by atoms with van der Waals surface area (Å²) in [4.78, 5) is 46.8. The number of benzene rings is 1. The molecule has 178 valence electrons. The Morgan fingerprint density at radius 2 is 1.47 bits per heavy atom. The molecule has 32 heavy (non-hydrogen) atoms. The highest BCUT2D eigenvalue weighted by atomic mass is 16.7. The summed E-state index contributed by atoms with van der Waals surface area (Å²) in [7, 11) is 2.23. The van der Waals surface area contributed by atoms with E-state index < -0.39 is 36.5 Å². The molecule has 3 atom stereocenters. The largest absolute Gasteiger partial charge is 0.513 e. The van der Waals surface area contributed by atoms with Gasteiger partial charge in [0.2, 0.25) is 0 Å². The Kier molecular flexibility index (Phi) is 11.0. The first-order chi connectivity index (χ1) is 15.1. The van der Waals surface area contributed by atoms with E-state index in [1.807, 2.05) is 6.92 Å². The summed E-state index contributed by atoms with van der Waals surface area (Å²) in [6.45, 7) is 5.06. The molecular formula is C21H29NO10. The summed E-state index contributed by atoms with van der Waals surface area (Å²) >= 11 is 0. The van der Waals surface area contributed by atoms with E-state index in [1.165, 1.54) is 18.2 Å². The normalized spacial score (nSPS) is 13.2. The summed E-state index contributed by atoms with van der Waals surface area (Å²) in [6.07, 6.45) is -2.46. The van der Waals surface area contributed by atoms with Crippen LogP contribution in [0.5, 0.6) is 11.5 Å². The predicted molar refractivity (Wildman–Crippen MR) is 110 cm³/mol. The van der Waals surface area contributed by atoms with Crippen LogP contribution in [0.3, 0.4) is 0 Å². The SMILES string of the molecule is CCCC(=O)O[C@@H](C)[C@H](C)OC(=O)[C@@H](N)Cc1ccc(OC(=O)OC)c(OC(=O)OC)c1. The Labute approximate surface area is 186 Å². The predicted octanol–water partition coefficient (Wildman–Crippen LogP) is 2.51. The minimum Gasteiger partial charge on any atom is -0.459 e. The second-order valence-electron chi connectivity index (χ2n) is 6.79. The van der Waals surface area contributed by atoms with Gasteiger partial charge in [0, 0.05) is 6.42 Å². The van der Waals surface area contributed by atoms with Gasteiger partial charge in [0.05, 0.1) is 14.2 Å². The Morgan fingerprint density at radius 1 is 0.906 bits per heavy atom. The first-order valence-corrected chi connectivity index (χ1v) is 9.91. The minimum absolute atomic E-state index is 0.0194. The van der Waals surface area contributed by atoms with Gasteiger partial charge in [0.25, 0.3) is 0 Å². The van der Waals surface area contributed by atoms with Gasteiger partial charge in [0.15, 0.2) is 11.5 Å². The third kappa shape index (κ3) is 8.80. The third-order valence-electron chi connectivity index (χ3n) is 4.22. The van der Waals surface area contributed by atoms with Crippen LogP contribution in [0.4, 0.5) is 9.59 Å². The number of hydrogen-bond donors (Lipinski definition) is 1. The number of carbonyl (C=O) groups excluding carboxylic acids is 4. The number of rotatable bonds is 10. The van der Waals surface area contributed by atoms with Crippen LogP contribution < -0.4 is 15.2 Å². The van der Waals surface area contributed by atoms with Crippen LogP contribution in [0.15, 0.2) is 18.2 Å². The number of nitrogens with two attached hydrogens (primary N) is 1.